The number of hydrogen-bond acceptors (Lipinski definition) is 8. The molecule has 0 amide bonds. The molecule has 2 atom stereocenters. The van der Waals surface area contributed by atoms with Gasteiger partial charge >= 0.3 is 11.9 Å². The summed E-state index contributed by atoms with van der Waals surface area (Å²) in [6.07, 6.45) is 0. The molecule has 0 aliphatic carbocycles. The SMILES string of the molecule is CCOC(=O)C1=C(C)N=C(C)C(C(=O)OCC)C1c1ccccc1-c1nc(-c2ccc(OC)cc2)cs1. The van der Waals surface area contributed by atoms with Gasteiger partial charge in [-0.15, -0.1) is 11.3 Å². The van der Waals surface area contributed by atoms with Crippen molar-refractivity contribution in [2.24, 2.45) is 10.9 Å². The van der Waals surface area contributed by atoms with Gasteiger partial charge in [-0.1, -0.05) is 24.3 Å². The van der Waals surface area contributed by atoms with Crippen molar-refractivity contribution in [1.29, 1.82) is 0 Å². The van der Waals surface area contributed by atoms with Gasteiger partial charge < -0.3 is 14.2 Å². The Hall–Kier alpha value is -3.78. The number of allylic oxidation sites excluding steroid dienone is 1. The Bertz CT molecular complexity index is 1360. The Morgan fingerprint density at radius 2 is 1.68 bits per heavy atom. The van der Waals surface area contributed by atoms with Crippen molar-refractivity contribution in [1.82, 2.24) is 4.98 Å². The monoisotopic (exact) mass is 518 g/mol. The third-order valence-corrected chi connectivity index (χ3v) is 7.16. The van der Waals surface area contributed by atoms with Crippen LogP contribution in [0.5, 0.6) is 5.75 Å². The smallest absolute Gasteiger partial charge is 0.336 e. The average Bonchev–Trinajstić information content (AvgIpc) is 3.38. The highest BCUT2D eigenvalue weighted by atomic mass is 32.1. The molecule has 0 saturated carbocycles. The first-order valence-corrected chi connectivity index (χ1v) is 13.1. The van der Waals surface area contributed by atoms with Crippen LogP contribution in [0.1, 0.15) is 39.2 Å². The van der Waals surface area contributed by atoms with E-state index in [1.807, 2.05) is 53.9 Å². The lowest BCUT2D eigenvalue weighted by Gasteiger charge is -2.32. The molecule has 0 fully saturated rings. The zero-order chi connectivity index (χ0) is 26.5. The maximum Gasteiger partial charge on any atom is 0.336 e. The van der Waals surface area contributed by atoms with E-state index < -0.39 is 23.8 Å². The highest BCUT2D eigenvalue weighted by molar-refractivity contribution is 7.13. The molecule has 1 aliphatic heterocycles. The summed E-state index contributed by atoms with van der Waals surface area (Å²) in [6, 6.07) is 15.5. The topological polar surface area (TPSA) is 87.1 Å². The molecule has 0 N–H and O–H groups in total. The Labute approximate surface area is 220 Å². The van der Waals surface area contributed by atoms with Gasteiger partial charge in [0.1, 0.15) is 16.7 Å². The predicted molar refractivity (Wildman–Crippen MR) is 145 cm³/mol. The normalized spacial score (nSPS) is 17.3. The quantitative estimate of drug-likeness (QED) is 0.337. The van der Waals surface area contributed by atoms with Gasteiger partial charge in [0.15, 0.2) is 0 Å². The van der Waals surface area contributed by atoms with Crippen LogP contribution >= 0.6 is 11.3 Å². The molecule has 2 unspecified atom stereocenters. The Morgan fingerprint density at radius 3 is 2.35 bits per heavy atom. The van der Waals surface area contributed by atoms with E-state index >= 15 is 0 Å². The van der Waals surface area contributed by atoms with Crippen LogP contribution in [0.2, 0.25) is 0 Å². The maximum atomic E-state index is 13.2. The number of methoxy groups -OCH3 is 1. The van der Waals surface area contributed by atoms with E-state index in [1.165, 1.54) is 11.3 Å². The van der Waals surface area contributed by atoms with Gasteiger partial charge in [0.05, 0.1) is 31.6 Å². The number of esters is 2. The van der Waals surface area contributed by atoms with Crippen LogP contribution in [-0.2, 0) is 19.1 Å². The van der Waals surface area contributed by atoms with E-state index in [0.717, 1.165) is 33.1 Å². The third-order valence-electron chi connectivity index (χ3n) is 6.28. The van der Waals surface area contributed by atoms with Crippen LogP contribution in [0.3, 0.4) is 0 Å². The molecule has 0 bridgehead atoms. The maximum absolute atomic E-state index is 13.2. The molecule has 192 valence electrons. The second kappa shape index (κ2) is 11.5. The van der Waals surface area contributed by atoms with Crippen molar-refractivity contribution in [2.45, 2.75) is 33.6 Å². The molecule has 1 aromatic heterocycles. The van der Waals surface area contributed by atoms with E-state index in [2.05, 4.69) is 4.99 Å². The Kier molecular flexibility index (Phi) is 8.18. The molecule has 7 nitrogen and oxygen atoms in total. The Balaban J connectivity index is 1.84. The zero-order valence-corrected chi connectivity index (χ0v) is 22.4. The standard InChI is InChI=1S/C29H30N2O5S/c1-6-35-28(32)24-17(3)30-18(4)25(29(33)36-7-2)26(24)21-10-8-9-11-22(21)27-31-23(16-37-27)19-12-14-20(34-5)15-13-19/h8-16,24,26H,6-7H2,1-5H3. The van der Waals surface area contributed by atoms with E-state index in [4.69, 9.17) is 19.2 Å². The lowest BCUT2D eigenvalue weighted by atomic mass is 9.74. The fourth-order valence-electron chi connectivity index (χ4n) is 4.64. The summed E-state index contributed by atoms with van der Waals surface area (Å²) >= 11 is 1.51. The van der Waals surface area contributed by atoms with Crippen molar-refractivity contribution >= 4 is 29.0 Å². The summed E-state index contributed by atoms with van der Waals surface area (Å²) < 4.78 is 16.1. The molecule has 37 heavy (non-hydrogen) atoms. The lowest BCUT2D eigenvalue weighted by Crippen LogP contribution is -2.36. The second-order valence-corrected chi connectivity index (χ2v) is 9.39. The van der Waals surface area contributed by atoms with Crippen molar-refractivity contribution < 1.29 is 23.8 Å². The average molecular weight is 519 g/mol. The molecule has 0 radical (unpaired) electrons. The minimum atomic E-state index is -0.759. The molecular formula is C29H30N2O5S. The van der Waals surface area contributed by atoms with E-state index in [0.29, 0.717) is 17.0 Å². The fourth-order valence-corrected chi connectivity index (χ4v) is 5.52. The van der Waals surface area contributed by atoms with Crippen LogP contribution in [0.4, 0.5) is 0 Å². The molecular weight excluding hydrogens is 488 g/mol. The molecule has 0 saturated heterocycles. The minimum Gasteiger partial charge on any atom is -0.497 e. The first-order chi connectivity index (χ1) is 17.9. The summed E-state index contributed by atoms with van der Waals surface area (Å²) in [5.41, 5.74) is 4.94. The number of ether oxygens (including phenoxy) is 3. The van der Waals surface area contributed by atoms with Gasteiger partial charge in [-0.3, -0.25) is 9.79 Å². The number of aliphatic imine (C=N–C) groups is 1. The second-order valence-electron chi connectivity index (χ2n) is 8.53. The van der Waals surface area contributed by atoms with E-state index in [-0.39, 0.29) is 13.2 Å². The van der Waals surface area contributed by atoms with Gasteiger partial charge in [-0.25, -0.2) is 9.78 Å². The molecule has 1 aliphatic rings. The number of nitrogens with zero attached hydrogens (tertiary/aromatic N) is 2. The highest BCUT2D eigenvalue weighted by Crippen LogP contribution is 2.44. The summed E-state index contributed by atoms with van der Waals surface area (Å²) in [5, 5.41) is 2.78. The molecule has 2 heterocycles. The lowest BCUT2D eigenvalue weighted by molar-refractivity contribution is -0.146. The highest BCUT2D eigenvalue weighted by Gasteiger charge is 2.43. The number of thiazole rings is 1. The van der Waals surface area contributed by atoms with E-state index in [9.17, 15) is 9.59 Å². The Morgan fingerprint density at radius 1 is 0.973 bits per heavy atom. The van der Waals surface area contributed by atoms with Crippen LogP contribution in [0, 0.1) is 5.92 Å². The molecule has 3 aromatic rings. The van der Waals surface area contributed by atoms with Crippen molar-refractivity contribution in [2.75, 3.05) is 20.3 Å². The number of carbonyl (C=O) groups excluding carboxylic acids is 2. The molecule has 2 aromatic carbocycles. The minimum absolute atomic E-state index is 0.217. The predicted octanol–water partition coefficient (Wildman–Crippen LogP) is 6.06. The number of carbonyl (C=O) groups is 2. The summed E-state index contributed by atoms with van der Waals surface area (Å²) in [4.78, 5) is 35.9. The van der Waals surface area contributed by atoms with Gasteiger partial charge in [0.2, 0.25) is 0 Å². The fraction of sp³-hybridized carbons (Fsp3) is 0.310. The van der Waals surface area contributed by atoms with Crippen molar-refractivity contribution in [3.8, 4) is 27.6 Å². The summed E-state index contributed by atoms with van der Waals surface area (Å²) in [5.74, 6) is -1.51. The first-order valence-electron chi connectivity index (χ1n) is 12.2. The number of hydrogen-bond donors (Lipinski definition) is 0. The van der Waals surface area contributed by atoms with Crippen molar-refractivity contribution in [3.63, 3.8) is 0 Å². The number of aromatic nitrogens is 1. The number of rotatable bonds is 8. The van der Waals surface area contributed by atoms with Crippen LogP contribution in [0.25, 0.3) is 21.8 Å². The first kappa shape index (κ1) is 26.3. The van der Waals surface area contributed by atoms with Crippen molar-refractivity contribution in [3.05, 3.63) is 70.7 Å². The van der Waals surface area contributed by atoms with Gasteiger partial charge in [-0.2, -0.15) is 0 Å². The van der Waals surface area contributed by atoms with Crippen LogP contribution < -0.4 is 4.74 Å². The van der Waals surface area contributed by atoms with Gasteiger partial charge in [-0.05, 0) is 57.5 Å². The van der Waals surface area contributed by atoms with Gasteiger partial charge in [0.25, 0.3) is 0 Å². The largest absolute Gasteiger partial charge is 0.497 e. The zero-order valence-electron chi connectivity index (χ0n) is 21.6. The van der Waals surface area contributed by atoms with Crippen LogP contribution in [0.15, 0.2) is 70.2 Å². The van der Waals surface area contributed by atoms with E-state index in [1.54, 1.807) is 34.8 Å². The van der Waals surface area contributed by atoms with Gasteiger partial charge in [0, 0.05) is 33.8 Å². The number of benzene rings is 2. The van der Waals surface area contributed by atoms with Crippen LogP contribution in [-0.4, -0.2) is 43.0 Å². The molecule has 4 rings (SSSR count). The summed E-state index contributed by atoms with van der Waals surface area (Å²) in [7, 11) is 1.63. The summed E-state index contributed by atoms with van der Waals surface area (Å²) in [6.45, 7) is 7.54. The third kappa shape index (κ3) is 5.34. The molecule has 8 heteroatoms. The molecule has 0 spiro atoms.